The molecule has 23 heavy (non-hydrogen) atoms. The average Bonchev–Trinajstić information content (AvgIpc) is 2.57. The fourth-order valence-corrected chi connectivity index (χ4v) is 3.50. The molecule has 4 heteroatoms. The highest BCUT2D eigenvalue weighted by Crippen LogP contribution is 2.13. The van der Waals surface area contributed by atoms with Crippen LogP contribution in [0.5, 0.6) is 0 Å². The van der Waals surface area contributed by atoms with Gasteiger partial charge in [-0.3, -0.25) is 4.79 Å². The van der Waals surface area contributed by atoms with Crippen LogP contribution in [-0.2, 0) is 14.3 Å². The van der Waals surface area contributed by atoms with Gasteiger partial charge in [0.1, 0.15) is 0 Å². The van der Waals surface area contributed by atoms with Gasteiger partial charge in [0.05, 0.1) is 13.5 Å². The number of thioether (sulfide) groups is 1. The van der Waals surface area contributed by atoms with E-state index in [4.69, 9.17) is 4.74 Å². The van der Waals surface area contributed by atoms with Gasteiger partial charge in [-0.15, -0.1) is 0 Å². The van der Waals surface area contributed by atoms with Crippen molar-refractivity contribution in [1.29, 1.82) is 0 Å². The Kier molecular flexibility index (Phi) is 19.6. The Bertz CT molecular complexity index is 247. The maximum Gasteiger partial charge on any atom is 0.306 e. The lowest BCUT2D eigenvalue weighted by Gasteiger charge is -2.03. The summed E-state index contributed by atoms with van der Waals surface area (Å²) in [6.45, 7) is 0.920. The van der Waals surface area contributed by atoms with Gasteiger partial charge in [0.15, 0.2) is 0 Å². The van der Waals surface area contributed by atoms with E-state index in [1.165, 1.54) is 89.9 Å². The quantitative estimate of drug-likeness (QED) is 0.239. The summed E-state index contributed by atoms with van der Waals surface area (Å²) in [6, 6.07) is 0. The van der Waals surface area contributed by atoms with Gasteiger partial charge in [0.25, 0.3) is 0 Å². The van der Waals surface area contributed by atoms with E-state index in [-0.39, 0.29) is 5.97 Å². The number of carbonyl (C=O) groups excluding carboxylic acids is 1. The minimum atomic E-state index is -0.0903. The predicted molar refractivity (Wildman–Crippen MR) is 101 cm³/mol. The molecule has 0 saturated heterocycles. The van der Waals surface area contributed by atoms with Crippen LogP contribution in [0.3, 0.4) is 0 Å². The lowest BCUT2D eigenvalue weighted by Crippen LogP contribution is -2.01. The van der Waals surface area contributed by atoms with Gasteiger partial charge in [-0.2, -0.15) is 11.8 Å². The Labute approximate surface area is 148 Å². The molecule has 0 fully saturated rings. The Morgan fingerprint density at radius 2 is 1.17 bits per heavy atom. The summed E-state index contributed by atoms with van der Waals surface area (Å²) in [5.74, 6) is 1.99. The molecule has 0 amide bonds. The molecule has 138 valence electrons. The van der Waals surface area contributed by atoms with Gasteiger partial charge in [-0.1, -0.05) is 64.2 Å². The largest absolute Gasteiger partial charge is 0.469 e. The van der Waals surface area contributed by atoms with Crippen molar-refractivity contribution in [3.8, 4) is 0 Å². The summed E-state index contributed by atoms with van der Waals surface area (Å²) in [5.41, 5.74) is 0. The van der Waals surface area contributed by atoms with E-state index >= 15 is 0 Å². The van der Waals surface area contributed by atoms with Crippen molar-refractivity contribution >= 4 is 17.7 Å². The second-order valence-electron chi connectivity index (χ2n) is 6.17. The molecule has 0 atom stereocenters. The average molecular weight is 347 g/mol. The fourth-order valence-electron chi connectivity index (χ4n) is 2.58. The van der Waals surface area contributed by atoms with Crippen molar-refractivity contribution in [3.63, 3.8) is 0 Å². The normalized spacial score (nSPS) is 10.9. The van der Waals surface area contributed by atoms with Crippen molar-refractivity contribution in [2.24, 2.45) is 0 Å². The molecule has 0 radical (unpaired) electrons. The predicted octanol–water partition coefficient (Wildman–Crippen LogP) is 5.61. The molecule has 0 rings (SSSR count). The first-order valence-electron chi connectivity index (χ1n) is 9.44. The first-order valence-corrected chi connectivity index (χ1v) is 10.6. The minimum Gasteiger partial charge on any atom is -0.469 e. The maximum atomic E-state index is 10.9. The van der Waals surface area contributed by atoms with Crippen LogP contribution in [0, 0.1) is 0 Å². The molecule has 0 aromatic rings. The van der Waals surface area contributed by atoms with Crippen LogP contribution in [0.15, 0.2) is 0 Å². The minimum absolute atomic E-state index is 0.0903. The SMILES string of the molecule is COCCCCCCCCCCCCCCSCCC(=O)OC. The maximum absolute atomic E-state index is 10.9. The number of carbonyl (C=O) groups is 1. The van der Waals surface area contributed by atoms with Gasteiger partial charge >= 0.3 is 5.97 Å². The summed E-state index contributed by atoms with van der Waals surface area (Å²) < 4.78 is 9.68. The highest BCUT2D eigenvalue weighted by Gasteiger charge is 1.99. The van der Waals surface area contributed by atoms with Crippen molar-refractivity contribution in [3.05, 3.63) is 0 Å². The standard InChI is InChI=1S/C19H38O3S/c1-21-16-13-11-9-7-5-3-4-6-8-10-12-14-17-23-18-15-19(20)22-2/h3-18H2,1-2H3. The van der Waals surface area contributed by atoms with E-state index in [1.807, 2.05) is 11.8 Å². The number of esters is 1. The molecule has 3 nitrogen and oxygen atoms in total. The van der Waals surface area contributed by atoms with E-state index in [2.05, 4.69) is 4.74 Å². The third-order valence-electron chi connectivity index (χ3n) is 4.07. The smallest absolute Gasteiger partial charge is 0.306 e. The molecule has 0 aromatic carbocycles. The second-order valence-corrected chi connectivity index (χ2v) is 7.40. The van der Waals surface area contributed by atoms with Crippen molar-refractivity contribution in [2.45, 2.75) is 83.5 Å². The number of hydrogen-bond acceptors (Lipinski definition) is 4. The molecule has 0 spiro atoms. The molecule has 0 saturated carbocycles. The number of hydrogen-bond donors (Lipinski definition) is 0. The molecule has 0 aliphatic carbocycles. The summed E-state index contributed by atoms with van der Waals surface area (Å²) >= 11 is 1.87. The molecule has 0 N–H and O–H groups in total. The second kappa shape index (κ2) is 19.8. The van der Waals surface area contributed by atoms with Gasteiger partial charge in [-0.25, -0.2) is 0 Å². The summed E-state index contributed by atoms with van der Waals surface area (Å²) in [5, 5.41) is 0. The Balaban J connectivity index is 2.99. The molecule has 0 bridgehead atoms. The highest BCUT2D eigenvalue weighted by atomic mass is 32.2. The third-order valence-corrected chi connectivity index (χ3v) is 5.14. The van der Waals surface area contributed by atoms with Crippen LogP contribution in [-0.4, -0.2) is 38.3 Å². The van der Waals surface area contributed by atoms with Crippen LogP contribution in [0.2, 0.25) is 0 Å². The molecule has 0 aliphatic rings. The van der Waals surface area contributed by atoms with Crippen LogP contribution in [0.25, 0.3) is 0 Å². The monoisotopic (exact) mass is 346 g/mol. The van der Waals surface area contributed by atoms with Gasteiger partial charge in [0.2, 0.25) is 0 Å². The van der Waals surface area contributed by atoms with Crippen LogP contribution in [0.4, 0.5) is 0 Å². The molecule has 0 heterocycles. The van der Waals surface area contributed by atoms with E-state index in [1.54, 1.807) is 7.11 Å². The molecular weight excluding hydrogens is 308 g/mol. The number of rotatable bonds is 18. The number of methoxy groups -OCH3 is 2. The highest BCUT2D eigenvalue weighted by molar-refractivity contribution is 7.99. The number of unbranched alkanes of at least 4 members (excludes halogenated alkanes) is 11. The van der Waals surface area contributed by atoms with Gasteiger partial charge in [0, 0.05) is 19.5 Å². The molecule has 0 aliphatic heterocycles. The number of ether oxygens (including phenoxy) is 2. The summed E-state index contributed by atoms with van der Waals surface area (Å²) in [4.78, 5) is 10.9. The van der Waals surface area contributed by atoms with Crippen molar-refractivity contribution in [1.82, 2.24) is 0 Å². The van der Waals surface area contributed by atoms with E-state index in [9.17, 15) is 4.79 Å². The zero-order valence-electron chi connectivity index (χ0n) is 15.4. The Morgan fingerprint density at radius 3 is 1.65 bits per heavy atom. The van der Waals surface area contributed by atoms with Crippen LogP contribution < -0.4 is 0 Å². The molecule has 0 aromatic heterocycles. The van der Waals surface area contributed by atoms with E-state index in [0.717, 1.165) is 12.4 Å². The van der Waals surface area contributed by atoms with Crippen LogP contribution in [0.1, 0.15) is 83.5 Å². The first kappa shape index (κ1) is 22.8. The van der Waals surface area contributed by atoms with Gasteiger partial charge < -0.3 is 9.47 Å². The first-order chi connectivity index (χ1) is 11.3. The third kappa shape index (κ3) is 19.7. The topological polar surface area (TPSA) is 35.5 Å². The summed E-state index contributed by atoms with van der Waals surface area (Å²) in [6.07, 6.45) is 16.9. The summed E-state index contributed by atoms with van der Waals surface area (Å²) in [7, 11) is 3.24. The van der Waals surface area contributed by atoms with Crippen molar-refractivity contribution in [2.75, 3.05) is 32.3 Å². The van der Waals surface area contributed by atoms with Crippen LogP contribution >= 0.6 is 11.8 Å². The van der Waals surface area contributed by atoms with E-state index < -0.39 is 0 Å². The molecular formula is C19H38O3S. The lowest BCUT2D eigenvalue weighted by molar-refractivity contribution is -0.140. The lowest BCUT2D eigenvalue weighted by atomic mass is 10.1. The van der Waals surface area contributed by atoms with Gasteiger partial charge in [-0.05, 0) is 18.6 Å². The Hall–Kier alpha value is -0.220. The van der Waals surface area contributed by atoms with Crippen molar-refractivity contribution < 1.29 is 14.3 Å². The zero-order chi connectivity index (χ0) is 17.0. The Morgan fingerprint density at radius 1 is 0.696 bits per heavy atom. The van der Waals surface area contributed by atoms with E-state index in [0.29, 0.717) is 6.42 Å². The zero-order valence-corrected chi connectivity index (χ0v) is 16.3. The fraction of sp³-hybridized carbons (Fsp3) is 0.947. The molecule has 0 unspecified atom stereocenters.